The molecule has 5 nitrogen and oxygen atoms in total. The monoisotopic (exact) mass is 355 g/mol. The minimum absolute atomic E-state index is 0.0649. The molecule has 1 aromatic heterocycles. The largest absolute Gasteiger partial charge is 0.397 e. The fourth-order valence-electron chi connectivity index (χ4n) is 3.76. The Balaban J connectivity index is 1.67. The van der Waals surface area contributed by atoms with Gasteiger partial charge in [0.15, 0.2) is 0 Å². The van der Waals surface area contributed by atoms with Gasteiger partial charge in [0.25, 0.3) is 0 Å². The zero-order chi connectivity index (χ0) is 18.1. The molecule has 0 N–H and O–H groups in total. The van der Waals surface area contributed by atoms with Crippen LogP contribution in [0.1, 0.15) is 31.2 Å². The van der Waals surface area contributed by atoms with Crippen molar-refractivity contribution in [3.8, 4) is 0 Å². The first kappa shape index (κ1) is 17.7. The molecule has 0 aliphatic carbocycles. The van der Waals surface area contributed by atoms with E-state index in [1.807, 2.05) is 6.07 Å². The van der Waals surface area contributed by atoms with Crippen LogP contribution in [0.5, 0.6) is 0 Å². The number of piperidine rings is 1. The topological polar surface area (TPSA) is 53.5 Å². The average Bonchev–Trinajstić information content (AvgIpc) is 2.97. The SMILES string of the molecule is O=C(CC(F)(F)F)N1CC[C@@]2(CCCN(Cc3cccnc3)C2=O)C1. The van der Waals surface area contributed by atoms with Gasteiger partial charge in [-0.1, -0.05) is 6.07 Å². The first-order valence-electron chi connectivity index (χ1n) is 8.32. The number of carbonyl (C=O) groups is 2. The van der Waals surface area contributed by atoms with Gasteiger partial charge < -0.3 is 9.80 Å². The third kappa shape index (κ3) is 3.93. The number of aromatic nitrogens is 1. The van der Waals surface area contributed by atoms with E-state index < -0.39 is 23.9 Å². The first-order valence-corrected chi connectivity index (χ1v) is 8.32. The van der Waals surface area contributed by atoms with Crippen molar-refractivity contribution in [1.82, 2.24) is 14.8 Å². The lowest BCUT2D eigenvalue weighted by molar-refractivity contribution is -0.161. The molecule has 2 amide bonds. The summed E-state index contributed by atoms with van der Waals surface area (Å²) in [7, 11) is 0. The predicted octanol–water partition coefficient (Wildman–Crippen LogP) is 2.38. The Labute approximate surface area is 143 Å². The lowest BCUT2D eigenvalue weighted by atomic mass is 9.78. The van der Waals surface area contributed by atoms with Gasteiger partial charge in [0.2, 0.25) is 11.8 Å². The Morgan fingerprint density at radius 2 is 2.08 bits per heavy atom. The predicted molar refractivity (Wildman–Crippen MR) is 83.2 cm³/mol. The molecule has 2 fully saturated rings. The van der Waals surface area contributed by atoms with Crippen molar-refractivity contribution in [2.45, 2.75) is 38.4 Å². The number of carbonyl (C=O) groups excluding carboxylic acids is 2. The van der Waals surface area contributed by atoms with Crippen molar-refractivity contribution in [2.24, 2.45) is 5.41 Å². The fraction of sp³-hybridized carbons (Fsp3) is 0.588. The molecule has 136 valence electrons. The number of nitrogens with zero attached hydrogens (tertiary/aromatic N) is 3. The smallest absolute Gasteiger partial charge is 0.341 e. The van der Waals surface area contributed by atoms with Crippen LogP contribution in [0.25, 0.3) is 0 Å². The minimum atomic E-state index is -4.52. The van der Waals surface area contributed by atoms with E-state index in [2.05, 4.69) is 4.98 Å². The average molecular weight is 355 g/mol. The standard InChI is InChI=1S/C17H20F3N3O2/c18-17(19,20)9-14(24)23-8-5-16(12-23)4-2-7-22(15(16)25)11-13-3-1-6-21-10-13/h1,3,6,10H,2,4-5,7-9,11-12H2/t16-/m0/s1. The number of pyridine rings is 1. The lowest BCUT2D eigenvalue weighted by Crippen LogP contribution is -2.50. The zero-order valence-electron chi connectivity index (χ0n) is 13.8. The minimum Gasteiger partial charge on any atom is -0.341 e. The second-order valence-electron chi connectivity index (χ2n) is 6.83. The van der Waals surface area contributed by atoms with Crippen LogP contribution in [0, 0.1) is 5.41 Å². The Morgan fingerprint density at radius 1 is 1.28 bits per heavy atom. The van der Waals surface area contributed by atoms with Crippen molar-refractivity contribution >= 4 is 11.8 Å². The summed E-state index contributed by atoms with van der Waals surface area (Å²) in [6, 6.07) is 3.68. The summed E-state index contributed by atoms with van der Waals surface area (Å²) in [6.45, 7) is 1.35. The molecule has 2 aliphatic heterocycles. The van der Waals surface area contributed by atoms with E-state index >= 15 is 0 Å². The highest BCUT2D eigenvalue weighted by atomic mass is 19.4. The maximum absolute atomic E-state index is 13.0. The summed E-state index contributed by atoms with van der Waals surface area (Å²) in [4.78, 5) is 31.8. The summed E-state index contributed by atoms with van der Waals surface area (Å²) < 4.78 is 37.3. The third-order valence-electron chi connectivity index (χ3n) is 4.98. The summed E-state index contributed by atoms with van der Waals surface area (Å²) in [5.74, 6) is -1.01. The van der Waals surface area contributed by atoms with E-state index in [0.29, 0.717) is 25.9 Å². The van der Waals surface area contributed by atoms with E-state index in [1.165, 1.54) is 4.90 Å². The number of hydrogen-bond acceptors (Lipinski definition) is 3. The second kappa shape index (κ2) is 6.65. The molecule has 1 spiro atoms. The number of amides is 2. The van der Waals surface area contributed by atoms with Gasteiger partial charge >= 0.3 is 6.18 Å². The quantitative estimate of drug-likeness (QED) is 0.837. The molecule has 0 bridgehead atoms. The van der Waals surface area contributed by atoms with Crippen molar-refractivity contribution in [1.29, 1.82) is 0 Å². The van der Waals surface area contributed by atoms with E-state index in [9.17, 15) is 22.8 Å². The Kier molecular flexibility index (Phi) is 4.71. The second-order valence-corrected chi connectivity index (χ2v) is 6.83. The van der Waals surface area contributed by atoms with Gasteiger partial charge in [-0.25, -0.2) is 0 Å². The summed E-state index contributed by atoms with van der Waals surface area (Å²) in [6.07, 6.45) is -0.795. The highest BCUT2D eigenvalue weighted by molar-refractivity contribution is 5.86. The molecule has 0 aromatic carbocycles. The van der Waals surface area contributed by atoms with Crippen LogP contribution in [0.3, 0.4) is 0 Å². The van der Waals surface area contributed by atoms with Crippen LogP contribution in [-0.2, 0) is 16.1 Å². The normalized spacial score (nSPS) is 24.2. The maximum atomic E-state index is 13.0. The van der Waals surface area contributed by atoms with Crippen molar-refractivity contribution in [3.63, 3.8) is 0 Å². The highest BCUT2D eigenvalue weighted by Crippen LogP contribution is 2.41. The van der Waals surface area contributed by atoms with Crippen LogP contribution in [0.15, 0.2) is 24.5 Å². The van der Waals surface area contributed by atoms with Crippen molar-refractivity contribution < 1.29 is 22.8 Å². The fourth-order valence-corrected chi connectivity index (χ4v) is 3.76. The molecule has 8 heteroatoms. The molecule has 0 saturated carbocycles. The van der Waals surface area contributed by atoms with E-state index in [1.54, 1.807) is 23.4 Å². The molecule has 1 atom stereocenters. The van der Waals surface area contributed by atoms with Crippen LogP contribution < -0.4 is 0 Å². The molecular formula is C17H20F3N3O2. The molecule has 2 aliphatic rings. The molecular weight excluding hydrogens is 335 g/mol. The van der Waals surface area contributed by atoms with Gasteiger partial charge in [-0.2, -0.15) is 13.2 Å². The van der Waals surface area contributed by atoms with Crippen LogP contribution in [0.2, 0.25) is 0 Å². The van der Waals surface area contributed by atoms with E-state index in [-0.39, 0.29) is 19.0 Å². The molecule has 0 radical (unpaired) electrons. The van der Waals surface area contributed by atoms with Gasteiger partial charge in [-0.05, 0) is 30.9 Å². The maximum Gasteiger partial charge on any atom is 0.397 e. The summed E-state index contributed by atoms with van der Waals surface area (Å²) >= 11 is 0. The number of hydrogen-bond donors (Lipinski definition) is 0. The lowest BCUT2D eigenvalue weighted by Gasteiger charge is -2.39. The van der Waals surface area contributed by atoms with Crippen molar-refractivity contribution in [3.05, 3.63) is 30.1 Å². The van der Waals surface area contributed by atoms with Crippen LogP contribution in [-0.4, -0.2) is 52.4 Å². The summed E-state index contributed by atoms with van der Waals surface area (Å²) in [5.41, 5.74) is 0.178. The molecule has 0 unspecified atom stereocenters. The van der Waals surface area contributed by atoms with E-state index in [0.717, 1.165) is 12.0 Å². The van der Waals surface area contributed by atoms with Crippen LogP contribution in [0.4, 0.5) is 13.2 Å². The molecule has 25 heavy (non-hydrogen) atoms. The van der Waals surface area contributed by atoms with E-state index in [4.69, 9.17) is 0 Å². The summed E-state index contributed by atoms with van der Waals surface area (Å²) in [5, 5.41) is 0. The van der Waals surface area contributed by atoms with Gasteiger partial charge in [0.1, 0.15) is 6.42 Å². The number of rotatable bonds is 3. The highest BCUT2D eigenvalue weighted by Gasteiger charge is 2.50. The van der Waals surface area contributed by atoms with Gasteiger partial charge in [0.05, 0.1) is 5.41 Å². The number of likely N-dealkylation sites (tertiary alicyclic amines) is 2. The molecule has 3 rings (SSSR count). The van der Waals surface area contributed by atoms with Gasteiger partial charge in [-0.3, -0.25) is 14.6 Å². The van der Waals surface area contributed by atoms with Gasteiger partial charge in [-0.15, -0.1) is 0 Å². The van der Waals surface area contributed by atoms with Crippen LogP contribution >= 0.6 is 0 Å². The Hall–Kier alpha value is -2.12. The zero-order valence-corrected chi connectivity index (χ0v) is 13.8. The molecule has 2 saturated heterocycles. The Bertz CT molecular complexity index is 650. The molecule has 3 heterocycles. The van der Waals surface area contributed by atoms with Crippen molar-refractivity contribution in [2.75, 3.05) is 19.6 Å². The number of alkyl halides is 3. The first-order chi connectivity index (χ1) is 11.8. The third-order valence-corrected chi connectivity index (χ3v) is 4.98. The number of halogens is 3. The Morgan fingerprint density at radius 3 is 2.76 bits per heavy atom. The molecule has 1 aromatic rings. The van der Waals surface area contributed by atoms with Gasteiger partial charge in [0, 0.05) is 38.6 Å².